The van der Waals surface area contributed by atoms with Crippen LogP contribution in [0.1, 0.15) is 0 Å². The third kappa shape index (κ3) is 7.56. The van der Waals surface area contributed by atoms with E-state index in [1.54, 1.807) is 0 Å². The number of aromatic nitrogens is 4. The summed E-state index contributed by atoms with van der Waals surface area (Å²) in [5.74, 6) is 1.78. The summed E-state index contributed by atoms with van der Waals surface area (Å²) in [6.07, 6.45) is 0. The van der Waals surface area contributed by atoms with Gasteiger partial charge in [0, 0.05) is 22.1 Å². The molecule has 0 aliphatic heterocycles. The Bertz CT molecular complexity index is 3000. The molecule has 8 aromatic carbocycles. The van der Waals surface area contributed by atoms with E-state index in [-0.39, 0.29) is 31.1 Å². The number of rotatable bonds is 7. The molecule has 0 saturated carbocycles. The average Bonchev–Trinajstić information content (AvgIpc) is 3.29. The van der Waals surface area contributed by atoms with Gasteiger partial charge < -0.3 is 0 Å². The molecule has 0 unspecified atom stereocenters. The van der Waals surface area contributed by atoms with Gasteiger partial charge in [-0.25, -0.2) is 25.5 Å². The molecule has 0 N–H and O–H groups in total. The van der Waals surface area contributed by atoms with Gasteiger partial charge in [0.1, 0.15) is 0 Å². The number of hydrogen-bond donors (Lipinski definition) is 0. The van der Waals surface area contributed by atoms with Crippen LogP contribution in [0.4, 0.5) is 0 Å². The van der Waals surface area contributed by atoms with Crippen LogP contribution in [-0.4, -0.2) is 19.9 Å². The second kappa shape index (κ2) is 15.9. The number of pyridine rings is 1. The standard InChI is InChI=1S/C52H32N4.U/c1-4-13-35(14-5-1)37-23-25-39(26-24-37)51-54-50(38-17-8-3-9-18-38)55-52(56-51)47-32-45(42-22-12-21-40(29-42)36-15-6-2-7-16-36)31-46(33-47)48-28-27-44-30-41-19-10-11-20-43(41)34-49(44)53-48;/h1-15,17-28,30-34H;/q-2;+2. The predicted molar refractivity (Wildman–Crippen MR) is 228 cm³/mol. The van der Waals surface area contributed by atoms with Gasteiger partial charge in [-0.1, -0.05) is 133 Å². The van der Waals surface area contributed by atoms with Crippen molar-refractivity contribution in [1.82, 2.24) is 19.9 Å². The molecule has 4 nitrogen and oxygen atoms in total. The van der Waals surface area contributed by atoms with Gasteiger partial charge in [-0.05, 0) is 51.7 Å². The van der Waals surface area contributed by atoms with E-state index in [4.69, 9.17) is 19.9 Å². The minimum atomic E-state index is 0. The Labute approximate surface area is 355 Å². The molecule has 10 aromatic rings. The van der Waals surface area contributed by atoms with Crippen molar-refractivity contribution >= 4 is 21.7 Å². The normalized spacial score (nSPS) is 11.0. The van der Waals surface area contributed by atoms with Crippen LogP contribution in [0.25, 0.3) is 100 Å². The molecule has 0 aliphatic rings. The van der Waals surface area contributed by atoms with Crippen molar-refractivity contribution in [2.75, 3.05) is 0 Å². The van der Waals surface area contributed by atoms with Crippen molar-refractivity contribution in [2.45, 2.75) is 0 Å². The maximum absolute atomic E-state index is 5.23. The van der Waals surface area contributed by atoms with Crippen molar-refractivity contribution in [1.29, 1.82) is 0 Å². The van der Waals surface area contributed by atoms with Crippen LogP contribution in [0.15, 0.2) is 194 Å². The van der Waals surface area contributed by atoms with Crippen molar-refractivity contribution in [2.24, 2.45) is 0 Å². The van der Waals surface area contributed by atoms with Gasteiger partial charge >= 0.3 is 31.1 Å². The maximum atomic E-state index is 5.23. The first-order valence-electron chi connectivity index (χ1n) is 18.6. The summed E-state index contributed by atoms with van der Waals surface area (Å²) in [6, 6.07) is 73.6. The molecule has 0 atom stereocenters. The average molecular weight is 951 g/mol. The van der Waals surface area contributed by atoms with Crippen LogP contribution in [0.3, 0.4) is 0 Å². The van der Waals surface area contributed by atoms with Crippen molar-refractivity contribution in [3.63, 3.8) is 0 Å². The molecule has 5 heteroatoms. The van der Waals surface area contributed by atoms with E-state index < -0.39 is 0 Å². The molecule has 0 spiro atoms. The molecule has 10 rings (SSSR count). The van der Waals surface area contributed by atoms with Gasteiger partial charge in [0.2, 0.25) is 0 Å². The van der Waals surface area contributed by atoms with Gasteiger partial charge in [0.15, 0.2) is 17.5 Å². The molecule has 2 aromatic heterocycles. The van der Waals surface area contributed by atoms with Crippen LogP contribution in [-0.2, 0) is 0 Å². The van der Waals surface area contributed by atoms with Gasteiger partial charge in [-0.15, -0.1) is 23.8 Å². The smallest absolute Gasteiger partial charge is 0.248 e. The number of nitrogens with zero attached hydrogens (tertiary/aromatic N) is 4. The fourth-order valence-electron chi connectivity index (χ4n) is 7.18. The summed E-state index contributed by atoms with van der Waals surface area (Å²) >= 11 is 0. The van der Waals surface area contributed by atoms with E-state index in [2.05, 4.69) is 152 Å². The maximum Gasteiger partial charge on any atom is 2.00 e. The zero-order valence-electron chi connectivity index (χ0n) is 30.8. The third-order valence-electron chi connectivity index (χ3n) is 10.1. The zero-order chi connectivity index (χ0) is 37.3. The molecular formula is C52H32N4U. The Morgan fingerprint density at radius 2 is 0.860 bits per heavy atom. The van der Waals surface area contributed by atoms with Crippen LogP contribution in [0.2, 0.25) is 0 Å². The van der Waals surface area contributed by atoms with Crippen LogP contribution in [0.5, 0.6) is 0 Å². The van der Waals surface area contributed by atoms with E-state index in [0.29, 0.717) is 17.5 Å². The quantitative estimate of drug-likeness (QED) is 0.118. The molecule has 0 radical (unpaired) electrons. The molecule has 2 heterocycles. The van der Waals surface area contributed by atoms with E-state index in [0.717, 1.165) is 77.6 Å². The van der Waals surface area contributed by atoms with Gasteiger partial charge in [0.05, 0.1) is 11.2 Å². The molecule has 57 heavy (non-hydrogen) atoms. The molecule has 0 aliphatic carbocycles. The Balaban J connectivity index is 0.00000422. The molecular weight excluding hydrogens is 919 g/mol. The summed E-state index contributed by atoms with van der Waals surface area (Å²) in [6.45, 7) is 0. The minimum absolute atomic E-state index is 0. The van der Waals surface area contributed by atoms with Gasteiger partial charge in [0.25, 0.3) is 0 Å². The van der Waals surface area contributed by atoms with Gasteiger partial charge in [-0.2, -0.15) is 42.0 Å². The molecule has 0 fully saturated rings. The van der Waals surface area contributed by atoms with Crippen molar-refractivity contribution < 1.29 is 31.1 Å². The first-order chi connectivity index (χ1) is 27.7. The summed E-state index contributed by atoms with van der Waals surface area (Å²) in [5.41, 5.74) is 11.6. The number of hydrogen-bond acceptors (Lipinski definition) is 4. The molecule has 0 saturated heterocycles. The topological polar surface area (TPSA) is 51.6 Å². The number of fused-ring (bicyclic) bond motifs is 2. The summed E-state index contributed by atoms with van der Waals surface area (Å²) in [7, 11) is 0. The Morgan fingerprint density at radius 3 is 1.58 bits per heavy atom. The predicted octanol–water partition coefficient (Wildman–Crippen LogP) is 12.8. The second-order valence-corrected chi connectivity index (χ2v) is 13.8. The van der Waals surface area contributed by atoms with E-state index in [9.17, 15) is 0 Å². The van der Waals surface area contributed by atoms with Crippen LogP contribution < -0.4 is 0 Å². The SMILES string of the molecule is [U+2].[c-]1ccccc1-c1[c-]c(-c2cc(-c3ccc4cc5ccccc5cc4n3)cc(-c3nc(-c4ccccc4)nc(-c4ccc(-c5ccccc5)cc4)n3)c2)ccc1. The Kier molecular flexibility index (Phi) is 10.1. The van der Waals surface area contributed by atoms with E-state index >= 15 is 0 Å². The minimum Gasteiger partial charge on any atom is -0.248 e. The second-order valence-electron chi connectivity index (χ2n) is 13.8. The Hall–Kier alpha value is -6.51. The van der Waals surface area contributed by atoms with Crippen molar-refractivity contribution in [3.8, 4) is 78.8 Å². The monoisotopic (exact) mass is 950 g/mol. The fraction of sp³-hybridized carbons (Fsp3) is 0. The van der Waals surface area contributed by atoms with E-state index in [1.807, 2.05) is 54.6 Å². The van der Waals surface area contributed by atoms with Crippen LogP contribution >= 0.6 is 0 Å². The molecule has 264 valence electrons. The molecule has 0 amide bonds. The first-order valence-corrected chi connectivity index (χ1v) is 18.6. The van der Waals surface area contributed by atoms with Crippen molar-refractivity contribution in [3.05, 3.63) is 206 Å². The molecule has 0 bridgehead atoms. The third-order valence-corrected chi connectivity index (χ3v) is 10.1. The summed E-state index contributed by atoms with van der Waals surface area (Å²) < 4.78 is 0. The number of benzene rings is 8. The van der Waals surface area contributed by atoms with Crippen LogP contribution in [0, 0.1) is 43.2 Å². The largest absolute Gasteiger partial charge is 2.00 e. The fourth-order valence-corrected chi connectivity index (χ4v) is 7.18. The first kappa shape index (κ1) is 36.1. The summed E-state index contributed by atoms with van der Waals surface area (Å²) in [4.78, 5) is 20.5. The van der Waals surface area contributed by atoms with Gasteiger partial charge in [-0.3, -0.25) is 0 Å². The zero-order valence-corrected chi connectivity index (χ0v) is 34.9. The Morgan fingerprint density at radius 1 is 0.316 bits per heavy atom. The van der Waals surface area contributed by atoms with E-state index in [1.165, 1.54) is 5.39 Å². The summed E-state index contributed by atoms with van der Waals surface area (Å²) in [5, 5.41) is 3.45.